The molecule has 2 atom stereocenters. The molecule has 1 aliphatic rings. The topological polar surface area (TPSA) is 95.7 Å². The summed E-state index contributed by atoms with van der Waals surface area (Å²) in [6.45, 7) is 10.3. The predicted molar refractivity (Wildman–Crippen MR) is 122 cm³/mol. The molecule has 0 aliphatic carbocycles. The van der Waals surface area contributed by atoms with Crippen molar-refractivity contribution in [3.63, 3.8) is 0 Å². The Morgan fingerprint density at radius 1 is 1.28 bits per heavy atom. The van der Waals surface area contributed by atoms with Gasteiger partial charge in [-0.05, 0) is 37.0 Å². The minimum Gasteiger partial charge on any atom is -0.384 e. The van der Waals surface area contributed by atoms with Crippen molar-refractivity contribution in [1.29, 1.82) is 0 Å². The SMILES string of the molecule is Cc1cc(CC(=O)N[C@@H](C(=O)N2CC[C@](O)(c3ccc(Cl)cc3)C(C)(C)C2)C(C)C)on1. The molecule has 8 heteroatoms. The highest BCUT2D eigenvalue weighted by atomic mass is 35.5. The van der Waals surface area contributed by atoms with Crippen LogP contribution in [-0.4, -0.2) is 46.1 Å². The Morgan fingerprint density at radius 3 is 2.47 bits per heavy atom. The molecule has 7 nitrogen and oxygen atoms in total. The number of hydrogen-bond acceptors (Lipinski definition) is 5. The van der Waals surface area contributed by atoms with Gasteiger partial charge in [-0.1, -0.05) is 56.6 Å². The molecule has 2 amide bonds. The van der Waals surface area contributed by atoms with Gasteiger partial charge in [0.05, 0.1) is 17.7 Å². The van der Waals surface area contributed by atoms with E-state index in [9.17, 15) is 14.7 Å². The average Bonchev–Trinajstić information content (AvgIpc) is 3.12. The molecule has 3 rings (SSSR count). The highest BCUT2D eigenvalue weighted by Gasteiger charge is 2.50. The molecular weight excluding hydrogens is 430 g/mol. The first-order valence-electron chi connectivity index (χ1n) is 10.9. The zero-order valence-corrected chi connectivity index (χ0v) is 20.1. The minimum absolute atomic E-state index is 0.0269. The first kappa shape index (κ1) is 24.3. The highest BCUT2D eigenvalue weighted by molar-refractivity contribution is 6.30. The number of carbonyl (C=O) groups excluding carboxylic acids is 2. The molecule has 0 spiro atoms. The number of amides is 2. The van der Waals surface area contributed by atoms with Crippen molar-refractivity contribution < 1.29 is 19.2 Å². The van der Waals surface area contributed by atoms with Crippen molar-refractivity contribution in [2.24, 2.45) is 11.3 Å². The summed E-state index contributed by atoms with van der Waals surface area (Å²) in [5.41, 5.74) is -0.199. The van der Waals surface area contributed by atoms with Gasteiger partial charge in [0.2, 0.25) is 11.8 Å². The Bertz CT molecular complexity index is 970. The van der Waals surface area contributed by atoms with Gasteiger partial charge in [-0.25, -0.2) is 0 Å². The van der Waals surface area contributed by atoms with E-state index in [1.165, 1.54) is 0 Å². The van der Waals surface area contributed by atoms with Crippen molar-refractivity contribution in [3.05, 3.63) is 52.4 Å². The first-order chi connectivity index (χ1) is 14.9. The number of likely N-dealkylation sites (tertiary alicyclic amines) is 1. The fourth-order valence-electron chi connectivity index (χ4n) is 4.36. The van der Waals surface area contributed by atoms with Gasteiger partial charge in [-0.3, -0.25) is 9.59 Å². The summed E-state index contributed by atoms with van der Waals surface area (Å²) in [6, 6.07) is 8.25. The third-order valence-electron chi connectivity index (χ3n) is 6.34. The standard InChI is InChI=1S/C24H32ClN3O4/c1-15(2)21(26-20(29)13-19-12-16(3)27-32-19)22(30)28-11-10-24(31,23(4,5)14-28)17-6-8-18(25)9-7-17/h6-9,12,15,21,31H,10-11,13-14H2,1-5H3,(H,26,29)/t21-,24+/m1/s1. The largest absolute Gasteiger partial charge is 0.384 e. The first-order valence-corrected chi connectivity index (χ1v) is 11.3. The van der Waals surface area contributed by atoms with Crippen LogP contribution in [0.1, 0.15) is 51.1 Å². The van der Waals surface area contributed by atoms with E-state index in [2.05, 4.69) is 10.5 Å². The van der Waals surface area contributed by atoms with E-state index in [-0.39, 0.29) is 24.2 Å². The molecule has 0 radical (unpaired) electrons. The fourth-order valence-corrected chi connectivity index (χ4v) is 4.49. The minimum atomic E-state index is -1.09. The number of piperidine rings is 1. The van der Waals surface area contributed by atoms with E-state index < -0.39 is 17.1 Å². The lowest BCUT2D eigenvalue weighted by Crippen LogP contribution is -2.60. The Hall–Kier alpha value is -2.38. The van der Waals surface area contributed by atoms with Crippen molar-refractivity contribution in [1.82, 2.24) is 15.4 Å². The molecule has 1 aromatic carbocycles. The van der Waals surface area contributed by atoms with Gasteiger partial charge >= 0.3 is 0 Å². The van der Waals surface area contributed by atoms with Gasteiger partial charge < -0.3 is 19.8 Å². The zero-order chi connectivity index (χ0) is 23.7. The number of carbonyl (C=O) groups is 2. The lowest BCUT2D eigenvalue weighted by atomic mass is 9.66. The average molecular weight is 462 g/mol. The normalized spacial score (nSPS) is 21.4. The Labute approximate surface area is 194 Å². The van der Waals surface area contributed by atoms with E-state index in [4.69, 9.17) is 16.1 Å². The van der Waals surface area contributed by atoms with Crippen LogP contribution in [0.25, 0.3) is 0 Å². The van der Waals surface area contributed by atoms with Gasteiger partial charge in [0, 0.05) is 29.6 Å². The van der Waals surface area contributed by atoms with Gasteiger partial charge in [0.25, 0.3) is 0 Å². The maximum atomic E-state index is 13.4. The molecule has 1 aliphatic heterocycles. The van der Waals surface area contributed by atoms with Crippen LogP contribution in [0.2, 0.25) is 5.02 Å². The summed E-state index contributed by atoms with van der Waals surface area (Å²) in [5.74, 6) is -0.0688. The van der Waals surface area contributed by atoms with Crippen LogP contribution in [0.15, 0.2) is 34.9 Å². The number of aliphatic hydroxyl groups is 1. The summed E-state index contributed by atoms with van der Waals surface area (Å²) in [6.07, 6.45) is 0.419. The number of nitrogens with one attached hydrogen (secondary N) is 1. The van der Waals surface area contributed by atoms with Crippen molar-refractivity contribution in [2.45, 2.75) is 59.1 Å². The second kappa shape index (κ2) is 9.24. The second-order valence-corrected chi connectivity index (χ2v) is 10.1. The van der Waals surface area contributed by atoms with Gasteiger partial charge in [-0.2, -0.15) is 0 Å². The number of aryl methyl sites for hydroxylation is 1. The number of halogens is 1. The van der Waals surface area contributed by atoms with E-state index in [0.29, 0.717) is 36.0 Å². The molecule has 0 unspecified atom stereocenters. The lowest BCUT2D eigenvalue weighted by molar-refractivity contribution is -0.156. The molecular formula is C24H32ClN3O4. The number of aromatic nitrogens is 1. The summed E-state index contributed by atoms with van der Waals surface area (Å²) in [5, 5.41) is 18.8. The number of hydrogen-bond donors (Lipinski definition) is 2. The number of benzene rings is 1. The van der Waals surface area contributed by atoms with Crippen LogP contribution < -0.4 is 5.32 Å². The predicted octanol–water partition coefficient (Wildman–Crippen LogP) is 3.47. The van der Waals surface area contributed by atoms with E-state index >= 15 is 0 Å². The van der Waals surface area contributed by atoms with Gasteiger partial charge in [-0.15, -0.1) is 0 Å². The summed E-state index contributed by atoms with van der Waals surface area (Å²) >= 11 is 6.01. The second-order valence-electron chi connectivity index (χ2n) is 9.66. The highest BCUT2D eigenvalue weighted by Crippen LogP contribution is 2.46. The van der Waals surface area contributed by atoms with Gasteiger partial charge in [0.1, 0.15) is 11.8 Å². The van der Waals surface area contributed by atoms with Crippen molar-refractivity contribution in [3.8, 4) is 0 Å². The monoisotopic (exact) mass is 461 g/mol. The van der Waals surface area contributed by atoms with Crippen LogP contribution in [0.4, 0.5) is 0 Å². The molecule has 1 fully saturated rings. The van der Waals surface area contributed by atoms with Crippen LogP contribution in [0.3, 0.4) is 0 Å². The van der Waals surface area contributed by atoms with Crippen LogP contribution in [0, 0.1) is 18.3 Å². The van der Waals surface area contributed by atoms with Gasteiger partial charge in [0.15, 0.2) is 0 Å². The molecule has 0 bridgehead atoms. The van der Waals surface area contributed by atoms with Crippen molar-refractivity contribution >= 4 is 23.4 Å². The number of rotatable bonds is 6. The maximum absolute atomic E-state index is 13.4. The van der Waals surface area contributed by atoms with E-state index in [1.807, 2.05) is 39.8 Å². The van der Waals surface area contributed by atoms with E-state index in [0.717, 1.165) is 5.56 Å². The van der Waals surface area contributed by atoms with Crippen LogP contribution >= 0.6 is 11.6 Å². The molecule has 2 aromatic rings. The molecule has 2 N–H and O–H groups in total. The Balaban J connectivity index is 1.71. The van der Waals surface area contributed by atoms with Crippen molar-refractivity contribution in [2.75, 3.05) is 13.1 Å². The molecule has 2 heterocycles. The lowest BCUT2D eigenvalue weighted by Gasteiger charge is -2.51. The summed E-state index contributed by atoms with van der Waals surface area (Å²) in [4.78, 5) is 27.7. The zero-order valence-electron chi connectivity index (χ0n) is 19.3. The summed E-state index contributed by atoms with van der Waals surface area (Å²) < 4.78 is 5.11. The molecule has 0 saturated carbocycles. The summed E-state index contributed by atoms with van der Waals surface area (Å²) in [7, 11) is 0. The smallest absolute Gasteiger partial charge is 0.245 e. The van der Waals surface area contributed by atoms with Crippen LogP contribution in [-0.2, 0) is 21.6 Å². The third-order valence-corrected chi connectivity index (χ3v) is 6.60. The van der Waals surface area contributed by atoms with Crippen LogP contribution in [0.5, 0.6) is 0 Å². The Morgan fingerprint density at radius 2 is 1.94 bits per heavy atom. The maximum Gasteiger partial charge on any atom is 0.245 e. The number of nitrogens with zero attached hydrogens (tertiary/aromatic N) is 2. The fraction of sp³-hybridized carbons (Fsp3) is 0.542. The molecule has 1 aromatic heterocycles. The Kier molecular flexibility index (Phi) is 7.00. The molecule has 1 saturated heterocycles. The third kappa shape index (κ3) is 4.99. The quantitative estimate of drug-likeness (QED) is 0.686. The molecule has 32 heavy (non-hydrogen) atoms. The van der Waals surface area contributed by atoms with E-state index in [1.54, 1.807) is 30.0 Å². The molecule has 174 valence electrons.